The van der Waals surface area contributed by atoms with Gasteiger partial charge in [0.15, 0.2) is 0 Å². The molecule has 6 heteroatoms. The minimum absolute atomic E-state index is 0.0123. The number of amides is 1. The summed E-state index contributed by atoms with van der Waals surface area (Å²) in [5.74, 6) is -1.77. The highest BCUT2D eigenvalue weighted by Gasteiger charge is 2.67. The predicted octanol–water partition coefficient (Wildman–Crippen LogP) is -0.103. The van der Waals surface area contributed by atoms with Crippen LogP contribution >= 0.6 is 0 Å². The van der Waals surface area contributed by atoms with Crippen molar-refractivity contribution in [2.45, 2.75) is 36.9 Å². The van der Waals surface area contributed by atoms with Crippen molar-refractivity contribution < 1.29 is 19.8 Å². The standard InChI is InChI=1S/C16H20N2O4/c17-12(6-9-4-2-1-3-5-9)14(20)18-16(15(21)22)8-13(19)10-7-11(10)16/h1-5,10-13,19H,6-8,17H2,(H,18,20)(H,21,22)/t10-,11+,12-,13-,16-/m0/s1. The van der Waals surface area contributed by atoms with Crippen LogP contribution in [0.1, 0.15) is 18.4 Å². The van der Waals surface area contributed by atoms with Crippen LogP contribution in [-0.2, 0) is 16.0 Å². The zero-order valence-corrected chi connectivity index (χ0v) is 12.1. The molecule has 6 nitrogen and oxygen atoms in total. The third-order valence-corrected chi connectivity index (χ3v) is 4.86. The lowest BCUT2D eigenvalue weighted by molar-refractivity contribution is -0.149. The van der Waals surface area contributed by atoms with Crippen LogP contribution < -0.4 is 11.1 Å². The lowest BCUT2D eigenvalue weighted by Gasteiger charge is -2.29. The summed E-state index contributed by atoms with van der Waals surface area (Å²) < 4.78 is 0. The Morgan fingerprint density at radius 1 is 1.36 bits per heavy atom. The van der Waals surface area contributed by atoms with E-state index in [1.807, 2.05) is 30.3 Å². The van der Waals surface area contributed by atoms with Gasteiger partial charge in [-0.2, -0.15) is 0 Å². The largest absolute Gasteiger partial charge is 0.479 e. The van der Waals surface area contributed by atoms with E-state index in [4.69, 9.17) is 5.73 Å². The number of carboxylic acid groups (broad SMARTS) is 1. The molecule has 22 heavy (non-hydrogen) atoms. The van der Waals surface area contributed by atoms with Crippen molar-refractivity contribution >= 4 is 11.9 Å². The van der Waals surface area contributed by atoms with E-state index in [1.54, 1.807) is 0 Å². The molecular formula is C16H20N2O4. The second-order valence-electron chi connectivity index (χ2n) is 6.34. The number of hydrogen-bond donors (Lipinski definition) is 4. The van der Waals surface area contributed by atoms with Crippen molar-refractivity contribution in [3.63, 3.8) is 0 Å². The number of nitrogens with one attached hydrogen (secondary N) is 1. The first-order chi connectivity index (χ1) is 10.4. The highest BCUT2D eigenvalue weighted by Crippen LogP contribution is 2.57. The Hall–Kier alpha value is -1.92. The number of carbonyl (C=O) groups is 2. The summed E-state index contributed by atoms with van der Waals surface area (Å²) in [7, 11) is 0. The highest BCUT2D eigenvalue weighted by atomic mass is 16.4. The van der Waals surface area contributed by atoms with Gasteiger partial charge in [0, 0.05) is 6.42 Å². The number of aliphatic hydroxyl groups excluding tert-OH is 1. The van der Waals surface area contributed by atoms with Gasteiger partial charge in [-0.05, 0) is 30.2 Å². The summed E-state index contributed by atoms with van der Waals surface area (Å²) in [6.45, 7) is 0. The molecule has 5 atom stereocenters. The average molecular weight is 304 g/mol. The van der Waals surface area contributed by atoms with E-state index in [9.17, 15) is 19.8 Å². The smallest absolute Gasteiger partial charge is 0.329 e. The minimum atomic E-state index is -1.37. The molecule has 3 rings (SSSR count). The molecule has 1 aromatic rings. The Balaban J connectivity index is 1.69. The number of carboxylic acids is 1. The highest BCUT2D eigenvalue weighted by molar-refractivity contribution is 5.90. The molecule has 0 spiro atoms. The maximum atomic E-state index is 12.3. The van der Waals surface area contributed by atoms with Crippen molar-refractivity contribution in [3.05, 3.63) is 35.9 Å². The van der Waals surface area contributed by atoms with E-state index < -0.39 is 29.6 Å². The van der Waals surface area contributed by atoms with Crippen molar-refractivity contribution in [1.82, 2.24) is 5.32 Å². The van der Waals surface area contributed by atoms with Crippen molar-refractivity contribution in [1.29, 1.82) is 0 Å². The molecule has 0 heterocycles. The first-order valence-corrected chi connectivity index (χ1v) is 7.47. The number of benzene rings is 1. The first kappa shape index (κ1) is 15.0. The normalized spacial score (nSPS) is 33.8. The fraction of sp³-hybridized carbons (Fsp3) is 0.500. The molecule has 1 amide bonds. The van der Waals surface area contributed by atoms with Crippen LogP contribution in [0.2, 0.25) is 0 Å². The molecule has 2 aliphatic carbocycles. The molecule has 2 aliphatic rings. The van der Waals surface area contributed by atoms with Crippen LogP contribution in [0.4, 0.5) is 0 Å². The molecule has 0 radical (unpaired) electrons. The Labute approximate surface area is 128 Å². The summed E-state index contributed by atoms with van der Waals surface area (Å²) in [6.07, 6.45) is 0.383. The average Bonchev–Trinajstić information content (AvgIpc) is 3.23. The zero-order valence-electron chi connectivity index (χ0n) is 12.1. The molecule has 118 valence electrons. The zero-order chi connectivity index (χ0) is 15.9. The molecule has 2 fully saturated rings. The topological polar surface area (TPSA) is 113 Å². The Kier molecular flexibility index (Phi) is 3.66. The molecule has 0 unspecified atom stereocenters. The van der Waals surface area contributed by atoms with E-state index in [0.29, 0.717) is 12.8 Å². The van der Waals surface area contributed by atoms with Crippen LogP contribution in [0.3, 0.4) is 0 Å². The van der Waals surface area contributed by atoms with E-state index in [1.165, 1.54) is 0 Å². The van der Waals surface area contributed by atoms with Gasteiger partial charge in [-0.15, -0.1) is 0 Å². The second kappa shape index (κ2) is 5.37. The van der Waals surface area contributed by atoms with Gasteiger partial charge in [0.1, 0.15) is 5.54 Å². The summed E-state index contributed by atoms with van der Waals surface area (Å²) in [6, 6.07) is 8.53. The van der Waals surface area contributed by atoms with Gasteiger partial charge in [0.25, 0.3) is 0 Å². The molecule has 2 saturated carbocycles. The van der Waals surface area contributed by atoms with Crippen LogP contribution in [-0.4, -0.2) is 39.8 Å². The van der Waals surface area contributed by atoms with Gasteiger partial charge in [0.2, 0.25) is 5.91 Å². The summed E-state index contributed by atoms with van der Waals surface area (Å²) in [4.78, 5) is 24.0. The lowest BCUT2D eigenvalue weighted by atomic mass is 9.91. The molecule has 0 bridgehead atoms. The number of hydrogen-bond acceptors (Lipinski definition) is 4. The third-order valence-electron chi connectivity index (χ3n) is 4.86. The predicted molar refractivity (Wildman–Crippen MR) is 78.9 cm³/mol. The number of fused-ring (bicyclic) bond motifs is 1. The summed E-state index contributed by atoms with van der Waals surface area (Å²) >= 11 is 0. The number of aliphatic carboxylic acids is 1. The van der Waals surface area contributed by atoms with Crippen LogP contribution in [0.15, 0.2) is 30.3 Å². The fourth-order valence-electron chi connectivity index (χ4n) is 3.56. The van der Waals surface area contributed by atoms with Crippen molar-refractivity contribution in [2.24, 2.45) is 17.6 Å². The molecule has 5 N–H and O–H groups in total. The van der Waals surface area contributed by atoms with Gasteiger partial charge in [-0.3, -0.25) is 4.79 Å². The third kappa shape index (κ3) is 2.48. The molecule has 0 saturated heterocycles. The number of rotatable bonds is 5. The van der Waals surface area contributed by atoms with Gasteiger partial charge in [-0.1, -0.05) is 30.3 Å². The maximum absolute atomic E-state index is 12.3. The van der Waals surface area contributed by atoms with Gasteiger partial charge in [-0.25, -0.2) is 4.79 Å². The van der Waals surface area contributed by atoms with Crippen LogP contribution in [0.5, 0.6) is 0 Å². The fourth-order valence-corrected chi connectivity index (χ4v) is 3.56. The van der Waals surface area contributed by atoms with Gasteiger partial charge < -0.3 is 21.3 Å². The van der Waals surface area contributed by atoms with Crippen molar-refractivity contribution in [2.75, 3.05) is 0 Å². The monoisotopic (exact) mass is 304 g/mol. The quantitative estimate of drug-likeness (QED) is 0.606. The van der Waals surface area contributed by atoms with E-state index >= 15 is 0 Å². The molecule has 1 aromatic carbocycles. The maximum Gasteiger partial charge on any atom is 0.329 e. The Bertz CT molecular complexity index is 591. The Morgan fingerprint density at radius 3 is 2.55 bits per heavy atom. The summed E-state index contributed by atoms with van der Waals surface area (Å²) in [5.41, 5.74) is 5.47. The lowest BCUT2D eigenvalue weighted by Crippen LogP contribution is -2.59. The van der Waals surface area contributed by atoms with Crippen LogP contribution in [0, 0.1) is 11.8 Å². The second-order valence-corrected chi connectivity index (χ2v) is 6.34. The molecular weight excluding hydrogens is 284 g/mol. The van der Waals surface area contributed by atoms with E-state index in [-0.39, 0.29) is 18.3 Å². The van der Waals surface area contributed by atoms with E-state index in [0.717, 1.165) is 5.56 Å². The number of carbonyl (C=O) groups excluding carboxylic acids is 1. The van der Waals surface area contributed by atoms with Gasteiger partial charge in [0.05, 0.1) is 12.1 Å². The minimum Gasteiger partial charge on any atom is -0.479 e. The van der Waals surface area contributed by atoms with Crippen molar-refractivity contribution in [3.8, 4) is 0 Å². The van der Waals surface area contributed by atoms with E-state index in [2.05, 4.69) is 5.32 Å². The van der Waals surface area contributed by atoms with Gasteiger partial charge >= 0.3 is 5.97 Å². The number of aliphatic hydroxyl groups is 1. The van der Waals surface area contributed by atoms with Crippen LogP contribution in [0.25, 0.3) is 0 Å². The first-order valence-electron chi connectivity index (χ1n) is 7.47. The molecule has 0 aliphatic heterocycles. The Morgan fingerprint density at radius 2 is 2.05 bits per heavy atom. The molecule has 0 aromatic heterocycles. The SMILES string of the molecule is N[C@@H](Cc1ccccc1)C(=O)N[C@@]1(C(=O)O)C[C@H](O)[C@H]2C[C@H]21. The summed E-state index contributed by atoms with van der Waals surface area (Å²) in [5, 5.41) is 22.0. The number of nitrogens with two attached hydrogens (primary N) is 1.